The van der Waals surface area contributed by atoms with Crippen molar-refractivity contribution in [2.75, 3.05) is 17.3 Å². The molecule has 2 aromatic carbocycles. The minimum absolute atomic E-state index is 0.0998. The number of amides is 2. The Bertz CT molecular complexity index is 797. The number of hydrogen-bond acceptors (Lipinski definition) is 4. The standard InChI is InChI=1S/C19H20N2O4/c1-13(21(14(2)22)15-8-10-16(23)11-9-15)12-19(24)20-17-6-4-5-7-18(17)25-3/h4-12,23H,1-3H3,(H,20,24)/b13-12+. The van der Waals surface area contributed by atoms with Gasteiger partial charge < -0.3 is 15.2 Å². The van der Waals surface area contributed by atoms with Gasteiger partial charge in [-0.1, -0.05) is 12.1 Å². The maximum atomic E-state index is 12.3. The number of phenolic OH excluding ortho intramolecular Hbond substituents is 1. The van der Waals surface area contributed by atoms with Crippen LogP contribution in [0.2, 0.25) is 0 Å². The van der Waals surface area contributed by atoms with Gasteiger partial charge in [-0.05, 0) is 43.3 Å². The van der Waals surface area contributed by atoms with Crippen molar-refractivity contribution in [2.24, 2.45) is 0 Å². The van der Waals surface area contributed by atoms with E-state index >= 15 is 0 Å². The van der Waals surface area contributed by atoms with Crippen LogP contribution in [0.1, 0.15) is 13.8 Å². The van der Waals surface area contributed by atoms with Crippen LogP contribution in [0.3, 0.4) is 0 Å². The first-order valence-electron chi connectivity index (χ1n) is 7.64. The van der Waals surface area contributed by atoms with E-state index in [9.17, 15) is 14.7 Å². The molecule has 0 radical (unpaired) electrons. The van der Waals surface area contributed by atoms with Crippen LogP contribution in [-0.4, -0.2) is 24.0 Å². The number of para-hydroxylation sites is 2. The van der Waals surface area contributed by atoms with Gasteiger partial charge in [0.05, 0.1) is 12.8 Å². The Labute approximate surface area is 146 Å². The first-order chi connectivity index (χ1) is 11.9. The molecule has 0 atom stereocenters. The number of carbonyl (C=O) groups is 2. The van der Waals surface area contributed by atoms with Crippen molar-refractivity contribution in [1.29, 1.82) is 0 Å². The molecule has 0 saturated heterocycles. The normalized spacial score (nSPS) is 10.9. The van der Waals surface area contributed by atoms with Crippen molar-refractivity contribution in [3.63, 3.8) is 0 Å². The van der Waals surface area contributed by atoms with Gasteiger partial charge in [0.15, 0.2) is 0 Å². The molecule has 2 aromatic rings. The minimum atomic E-state index is -0.382. The van der Waals surface area contributed by atoms with Gasteiger partial charge in [0.2, 0.25) is 11.8 Å². The molecule has 0 unspecified atom stereocenters. The summed E-state index contributed by atoms with van der Waals surface area (Å²) < 4.78 is 5.19. The van der Waals surface area contributed by atoms with Gasteiger partial charge in [0, 0.05) is 24.4 Å². The predicted molar refractivity (Wildman–Crippen MR) is 96.6 cm³/mol. The molecular formula is C19H20N2O4. The maximum absolute atomic E-state index is 12.3. The second-order valence-corrected chi connectivity index (χ2v) is 5.35. The van der Waals surface area contributed by atoms with E-state index in [0.717, 1.165) is 0 Å². The number of nitrogens with zero attached hydrogens (tertiary/aromatic N) is 1. The van der Waals surface area contributed by atoms with E-state index in [-0.39, 0.29) is 17.6 Å². The molecule has 0 aliphatic heterocycles. The smallest absolute Gasteiger partial charge is 0.250 e. The van der Waals surface area contributed by atoms with Crippen LogP contribution in [0.25, 0.3) is 0 Å². The summed E-state index contributed by atoms with van der Waals surface area (Å²) in [7, 11) is 1.52. The van der Waals surface area contributed by atoms with Crippen molar-refractivity contribution in [2.45, 2.75) is 13.8 Å². The summed E-state index contributed by atoms with van der Waals surface area (Å²) in [6.07, 6.45) is 1.33. The number of allylic oxidation sites excluding steroid dienone is 1. The summed E-state index contributed by atoms with van der Waals surface area (Å²) in [6, 6.07) is 13.2. The molecule has 0 aliphatic carbocycles. The molecule has 0 fully saturated rings. The zero-order valence-electron chi connectivity index (χ0n) is 14.3. The quantitative estimate of drug-likeness (QED) is 0.819. The Kier molecular flexibility index (Phi) is 5.79. The number of benzene rings is 2. The second kappa shape index (κ2) is 8.01. The van der Waals surface area contributed by atoms with Crippen molar-refractivity contribution in [3.8, 4) is 11.5 Å². The molecule has 0 bridgehead atoms. The molecule has 0 heterocycles. The van der Waals surface area contributed by atoms with Gasteiger partial charge in [0.1, 0.15) is 11.5 Å². The van der Waals surface area contributed by atoms with Gasteiger partial charge in [-0.2, -0.15) is 0 Å². The number of methoxy groups -OCH3 is 1. The van der Waals surface area contributed by atoms with Crippen LogP contribution in [0.15, 0.2) is 60.3 Å². The van der Waals surface area contributed by atoms with Crippen molar-refractivity contribution in [1.82, 2.24) is 0 Å². The van der Waals surface area contributed by atoms with E-state index in [4.69, 9.17) is 4.74 Å². The Balaban J connectivity index is 2.23. The lowest BCUT2D eigenvalue weighted by atomic mass is 10.2. The van der Waals surface area contributed by atoms with Gasteiger partial charge in [-0.15, -0.1) is 0 Å². The number of rotatable bonds is 5. The third-order valence-corrected chi connectivity index (χ3v) is 3.48. The van der Waals surface area contributed by atoms with Gasteiger partial charge in [-0.25, -0.2) is 0 Å². The molecule has 25 heavy (non-hydrogen) atoms. The van der Waals surface area contributed by atoms with E-state index < -0.39 is 0 Å². The first kappa shape index (κ1) is 18.1. The summed E-state index contributed by atoms with van der Waals surface area (Å²) in [6.45, 7) is 3.07. The van der Waals surface area contributed by atoms with E-state index in [1.807, 2.05) is 0 Å². The van der Waals surface area contributed by atoms with Crippen LogP contribution in [-0.2, 0) is 9.59 Å². The minimum Gasteiger partial charge on any atom is -0.508 e. The third-order valence-electron chi connectivity index (χ3n) is 3.48. The number of ether oxygens (including phenoxy) is 1. The van der Waals surface area contributed by atoms with E-state index in [1.54, 1.807) is 43.3 Å². The molecule has 0 aromatic heterocycles. The molecule has 0 spiro atoms. The molecule has 0 aliphatic rings. The summed E-state index contributed by atoms with van der Waals surface area (Å²) in [4.78, 5) is 25.7. The van der Waals surface area contributed by atoms with Crippen LogP contribution < -0.4 is 15.0 Å². The Hall–Kier alpha value is -3.28. The highest BCUT2D eigenvalue weighted by Gasteiger charge is 2.15. The van der Waals surface area contributed by atoms with Crippen LogP contribution in [0.5, 0.6) is 11.5 Å². The van der Waals surface area contributed by atoms with E-state index in [0.29, 0.717) is 22.8 Å². The van der Waals surface area contributed by atoms with Crippen LogP contribution >= 0.6 is 0 Å². The zero-order valence-corrected chi connectivity index (χ0v) is 14.3. The maximum Gasteiger partial charge on any atom is 0.250 e. The number of carbonyl (C=O) groups excluding carboxylic acids is 2. The molecular weight excluding hydrogens is 320 g/mol. The van der Waals surface area contributed by atoms with Crippen LogP contribution in [0, 0.1) is 0 Å². The fourth-order valence-corrected chi connectivity index (χ4v) is 2.41. The highest BCUT2D eigenvalue weighted by molar-refractivity contribution is 6.03. The molecule has 2 N–H and O–H groups in total. The molecule has 0 saturated carbocycles. The predicted octanol–water partition coefficient (Wildman–Crippen LogP) is 3.30. The van der Waals surface area contributed by atoms with E-state index in [1.165, 1.54) is 37.1 Å². The fourth-order valence-electron chi connectivity index (χ4n) is 2.41. The first-order valence-corrected chi connectivity index (χ1v) is 7.64. The summed E-state index contributed by atoms with van der Waals surface area (Å²) in [5.74, 6) is 0.0169. The van der Waals surface area contributed by atoms with Crippen molar-refractivity contribution < 1.29 is 19.4 Å². The Morgan fingerprint density at radius 3 is 2.32 bits per heavy atom. The highest BCUT2D eigenvalue weighted by Crippen LogP contribution is 2.24. The van der Waals surface area contributed by atoms with Crippen LogP contribution in [0.4, 0.5) is 11.4 Å². The second-order valence-electron chi connectivity index (χ2n) is 5.35. The molecule has 130 valence electrons. The van der Waals surface area contributed by atoms with E-state index in [2.05, 4.69) is 5.32 Å². The highest BCUT2D eigenvalue weighted by atomic mass is 16.5. The van der Waals surface area contributed by atoms with Crippen molar-refractivity contribution in [3.05, 3.63) is 60.3 Å². The average Bonchev–Trinajstić information content (AvgIpc) is 2.57. The summed E-state index contributed by atoms with van der Waals surface area (Å²) in [5.41, 5.74) is 1.55. The van der Waals surface area contributed by atoms with Gasteiger partial charge in [0.25, 0.3) is 0 Å². The topological polar surface area (TPSA) is 78.9 Å². The Morgan fingerprint density at radius 2 is 1.72 bits per heavy atom. The lowest BCUT2D eigenvalue weighted by Gasteiger charge is -2.22. The average molecular weight is 340 g/mol. The molecule has 6 heteroatoms. The fraction of sp³-hybridized carbons (Fsp3) is 0.158. The summed E-state index contributed by atoms with van der Waals surface area (Å²) >= 11 is 0. The number of aromatic hydroxyl groups is 1. The zero-order chi connectivity index (χ0) is 18.4. The molecule has 6 nitrogen and oxygen atoms in total. The number of nitrogens with one attached hydrogen (secondary N) is 1. The Morgan fingerprint density at radius 1 is 1.08 bits per heavy atom. The van der Waals surface area contributed by atoms with Crippen molar-refractivity contribution >= 4 is 23.2 Å². The number of anilines is 2. The number of phenols is 1. The third kappa shape index (κ3) is 4.60. The molecule has 2 amide bonds. The largest absolute Gasteiger partial charge is 0.508 e. The van der Waals surface area contributed by atoms with Gasteiger partial charge >= 0.3 is 0 Å². The monoisotopic (exact) mass is 340 g/mol. The lowest BCUT2D eigenvalue weighted by Crippen LogP contribution is -2.27. The summed E-state index contributed by atoms with van der Waals surface area (Å²) in [5, 5.41) is 12.1. The number of hydrogen-bond donors (Lipinski definition) is 2. The van der Waals surface area contributed by atoms with Gasteiger partial charge in [-0.3, -0.25) is 14.5 Å². The molecule has 2 rings (SSSR count). The SMILES string of the molecule is COc1ccccc1NC(=O)/C=C(\C)N(C(C)=O)c1ccc(O)cc1. The lowest BCUT2D eigenvalue weighted by molar-refractivity contribution is -0.116.